The van der Waals surface area contributed by atoms with Crippen LogP contribution in [0.15, 0.2) is 30.3 Å². The molecule has 112 valence electrons. The van der Waals surface area contributed by atoms with Crippen molar-refractivity contribution < 1.29 is 4.79 Å². The molecule has 0 bridgehead atoms. The van der Waals surface area contributed by atoms with E-state index in [-0.39, 0.29) is 5.91 Å². The molecule has 1 N–H and O–H groups in total. The number of carbonyl (C=O) groups excluding carboxylic acids is 1. The van der Waals surface area contributed by atoms with Crippen LogP contribution in [0.3, 0.4) is 0 Å². The minimum absolute atomic E-state index is 0.0922. The number of hydrogen-bond acceptors (Lipinski definition) is 1. The van der Waals surface area contributed by atoms with E-state index in [9.17, 15) is 4.79 Å². The number of benzene rings is 1. The van der Waals surface area contributed by atoms with Crippen molar-refractivity contribution in [2.75, 3.05) is 6.54 Å². The highest BCUT2D eigenvalue weighted by Crippen LogP contribution is 2.13. The number of carbonyl (C=O) groups is 1. The van der Waals surface area contributed by atoms with Crippen molar-refractivity contribution >= 4 is 5.91 Å². The lowest BCUT2D eigenvalue weighted by Gasteiger charge is -2.07. The zero-order chi connectivity index (χ0) is 15.4. The lowest BCUT2D eigenvalue weighted by atomic mass is 10.1. The lowest BCUT2D eigenvalue weighted by molar-refractivity contribution is -0.120. The van der Waals surface area contributed by atoms with Gasteiger partial charge in [-0.05, 0) is 49.9 Å². The van der Waals surface area contributed by atoms with Crippen LogP contribution >= 0.6 is 0 Å². The summed E-state index contributed by atoms with van der Waals surface area (Å²) >= 11 is 0. The summed E-state index contributed by atoms with van der Waals surface area (Å²) in [5.74, 6) is 0.0922. The molecule has 21 heavy (non-hydrogen) atoms. The number of amides is 1. The Morgan fingerprint density at radius 1 is 1.14 bits per heavy atom. The van der Waals surface area contributed by atoms with Crippen LogP contribution in [0.1, 0.15) is 28.1 Å². The second-order valence-electron chi connectivity index (χ2n) is 5.66. The molecule has 0 spiro atoms. The van der Waals surface area contributed by atoms with Crippen LogP contribution in [0.5, 0.6) is 0 Å². The normalized spacial score (nSPS) is 10.7. The van der Waals surface area contributed by atoms with Crippen molar-refractivity contribution in [2.45, 2.75) is 33.6 Å². The summed E-state index contributed by atoms with van der Waals surface area (Å²) in [5.41, 5.74) is 6.12. The lowest BCUT2D eigenvalue weighted by Crippen LogP contribution is -2.27. The highest BCUT2D eigenvalue weighted by Gasteiger charge is 2.08. The van der Waals surface area contributed by atoms with Crippen LogP contribution in [-0.2, 0) is 24.7 Å². The molecule has 0 saturated heterocycles. The first-order valence-electron chi connectivity index (χ1n) is 7.42. The van der Waals surface area contributed by atoms with Crippen molar-refractivity contribution in [1.29, 1.82) is 0 Å². The summed E-state index contributed by atoms with van der Waals surface area (Å²) in [6.45, 7) is 6.96. The topological polar surface area (TPSA) is 34.0 Å². The molecule has 0 aliphatic heterocycles. The minimum Gasteiger partial charge on any atom is -0.355 e. The summed E-state index contributed by atoms with van der Waals surface area (Å²) in [6.07, 6.45) is 1.34. The Labute approximate surface area is 127 Å². The highest BCUT2D eigenvalue weighted by molar-refractivity contribution is 5.78. The van der Waals surface area contributed by atoms with Crippen molar-refractivity contribution in [3.8, 4) is 0 Å². The van der Waals surface area contributed by atoms with Gasteiger partial charge >= 0.3 is 0 Å². The molecule has 1 amide bonds. The average molecular weight is 284 g/mol. The van der Waals surface area contributed by atoms with Crippen molar-refractivity contribution in [3.63, 3.8) is 0 Å². The Balaban J connectivity index is 1.85. The van der Waals surface area contributed by atoms with E-state index in [0.717, 1.165) is 12.0 Å². The van der Waals surface area contributed by atoms with E-state index in [2.05, 4.69) is 36.8 Å². The number of hydrogen-bond donors (Lipinski definition) is 1. The number of rotatable bonds is 5. The van der Waals surface area contributed by atoms with Gasteiger partial charge in [-0.2, -0.15) is 0 Å². The van der Waals surface area contributed by atoms with Crippen molar-refractivity contribution in [2.24, 2.45) is 7.05 Å². The summed E-state index contributed by atoms with van der Waals surface area (Å²) in [4.78, 5) is 12.0. The second-order valence-corrected chi connectivity index (χ2v) is 5.66. The zero-order valence-corrected chi connectivity index (χ0v) is 13.4. The number of nitrogens with zero attached hydrogens (tertiary/aromatic N) is 1. The average Bonchev–Trinajstić information content (AvgIpc) is 2.69. The van der Waals surface area contributed by atoms with Crippen LogP contribution in [0.25, 0.3) is 0 Å². The van der Waals surface area contributed by atoms with Gasteiger partial charge in [0.05, 0.1) is 6.42 Å². The first-order valence-corrected chi connectivity index (χ1v) is 7.42. The van der Waals surface area contributed by atoms with Gasteiger partial charge in [0.25, 0.3) is 0 Å². The smallest absolute Gasteiger partial charge is 0.224 e. The second kappa shape index (κ2) is 6.61. The fraction of sp³-hybridized carbons (Fsp3) is 0.389. The van der Waals surface area contributed by atoms with Gasteiger partial charge in [0.1, 0.15) is 0 Å². The van der Waals surface area contributed by atoms with Gasteiger partial charge < -0.3 is 9.88 Å². The van der Waals surface area contributed by atoms with E-state index >= 15 is 0 Å². The Kier molecular flexibility index (Phi) is 4.84. The van der Waals surface area contributed by atoms with Crippen LogP contribution in [-0.4, -0.2) is 17.0 Å². The highest BCUT2D eigenvalue weighted by atomic mass is 16.1. The molecule has 0 fully saturated rings. The van der Waals surface area contributed by atoms with Gasteiger partial charge in [-0.1, -0.05) is 24.3 Å². The third-order valence-electron chi connectivity index (χ3n) is 4.21. The molecule has 3 nitrogen and oxygen atoms in total. The molecule has 3 heteroatoms. The fourth-order valence-electron chi connectivity index (χ4n) is 2.57. The maximum Gasteiger partial charge on any atom is 0.224 e. The SMILES string of the molecule is Cc1ccccc1CC(=O)NCCc1cc(C)n(C)c1C. The monoisotopic (exact) mass is 284 g/mol. The predicted molar refractivity (Wildman–Crippen MR) is 86.5 cm³/mol. The van der Waals surface area contributed by atoms with Crippen molar-refractivity contribution in [1.82, 2.24) is 9.88 Å². The fourth-order valence-corrected chi connectivity index (χ4v) is 2.57. The molecule has 0 saturated carbocycles. The summed E-state index contributed by atoms with van der Waals surface area (Å²) in [5, 5.41) is 3.01. The summed E-state index contributed by atoms with van der Waals surface area (Å²) in [7, 11) is 2.07. The maximum atomic E-state index is 12.0. The van der Waals surface area contributed by atoms with E-state index < -0.39 is 0 Å². The number of aryl methyl sites for hydroxylation is 2. The van der Waals surface area contributed by atoms with E-state index in [1.54, 1.807) is 0 Å². The van der Waals surface area contributed by atoms with E-state index in [1.165, 1.54) is 22.5 Å². The van der Waals surface area contributed by atoms with Gasteiger partial charge in [0, 0.05) is 25.0 Å². The van der Waals surface area contributed by atoms with Crippen LogP contribution in [0.2, 0.25) is 0 Å². The number of nitrogens with one attached hydrogen (secondary N) is 1. The third kappa shape index (κ3) is 3.75. The standard InChI is InChI=1S/C18H24N2O/c1-13-7-5-6-8-16(13)12-18(21)19-10-9-17-11-14(2)20(4)15(17)3/h5-8,11H,9-10,12H2,1-4H3,(H,19,21). The molecule has 0 aliphatic rings. The van der Waals surface area contributed by atoms with Crippen molar-refractivity contribution in [3.05, 3.63) is 58.4 Å². The molecule has 2 rings (SSSR count). The Hall–Kier alpha value is -2.03. The van der Waals surface area contributed by atoms with Gasteiger partial charge in [-0.15, -0.1) is 0 Å². The van der Waals surface area contributed by atoms with Crippen LogP contribution in [0.4, 0.5) is 0 Å². The summed E-state index contributed by atoms with van der Waals surface area (Å²) < 4.78 is 2.19. The number of aromatic nitrogens is 1. The Bertz CT molecular complexity index is 641. The minimum atomic E-state index is 0.0922. The van der Waals surface area contributed by atoms with Gasteiger partial charge in [-0.25, -0.2) is 0 Å². The molecule has 1 aromatic heterocycles. The van der Waals surface area contributed by atoms with Crippen LogP contribution < -0.4 is 5.32 Å². The Morgan fingerprint density at radius 2 is 1.86 bits per heavy atom. The molecule has 0 aliphatic carbocycles. The molecule has 1 aromatic carbocycles. The molecular weight excluding hydrogens is 260 g/mol. The molecule has 0 unspecified atom stereocenters. The van der Waals surface area contributed by atoms with Gasteiger partial charge in [0.2, 0.25) is 5.91 Å². The molecule has 1 heterocycles. The largest absolute Gasteiger partial charge is 0.355 e. The van der Waals surface area contributed by atoms with E-state index in [1.807, 2.05) is 31.2 Å². The first-order chi connectivity index (χ1) is 9.99. The zero-order valence-electron chi connectivity index (χ0n) is 13.4. The molecule has 0 atom stereocenters. The van der Waals surface area contributed by atoms with Crippen LogP contribution in [0, 0.1) is 20.8 Å². The van der Waals surface area contributed by atoms with E-state index in [0.29, 0.717) is 13.0 Å². The first kappa shape index (κ1) is 15.4. The van der Waals surface area contributed by atoms with Gasteiger partial charge in [0.15, 0.2) is 0 Å². The molecule has 0 radical (unpaired) electrons. The Morgan fingerprint density at radius 3 is 2.48 bits per heavy atom. The molecular formula is C18H24N2O. The molecule has 2 aromatic rings. The predicted octanol–water partition coefficient (Wildman–Crippen LogP) is 2.85. The van der Waals surface area contributed by atoms with E-state index in [4.69, 9.17) is 0 Å². The quantitative estimate of drug-likeness (QED) is 0.900. The third-order valence-corrected chi connectivity index (χ3v) is 4.21. The summed E-state index contributed by atoms with van der Waals surface area (Å²) in [6, 6.07) is 10.2. The van der Waals surface area contributed by atoms with Gasteiger partial charge in [-0.3, -0.25) is 4.79 Å². The maximum absolute atomic E-state index is 12.0.